The molecule has 0 radical (unpaired) electrons. The van der Waals surface area contributed by atoms with Crippen LogP contribution in [0.4, 0.5) is 0 Å². The van der Waals surface area contributed by atoms with Gasteiger partial charge in [-0.1, -0.05) is 0 Å². The van der Waals surface area contributed by atoms with E-state index < -0.39 is 14.6 Å². The van der Waals surface area contributed by atoms with Crippen molar-refractivity contribution in [1.82, 2.24) is 0 Å². The number of benzene rings is 1. The molecule has 0 atom stereocenters. The number of hydrogen-bond donors (Lipinski definition) is 1. The molecule has 5 heteroatoms. The molecule has 1 saturated carbocycles. The second kappa shape index (κ2) is 3.06. The molecular weight excluding hydrogens is 216 g/mol. The molecule has 0 unspecified atom stereocenters. The minimum absolute atomic E-state index is 0.00454. The monoisotopic (exact) mass is 226 g/mol. The summed E-state index contributed by atoms with van der Waals surface area (Å²) >= 11 is 0. The van der Waals surface area contributed by atoms with Crippen LogP contribution in [0, 0.1) is 0 Å². The molecular formula is C10H10O4S. The van der Waals surface area contributed by atoms with Gasteiger partial charge in [-0.25, -0.2) is 8.42 Å². The Balaban J connectivity index is 2.47. The number of carbonyl (C=O) groups excluding carboxylic acids is 1. The van der Waals surface area contributed by atoms with Gasteiger partial charge in [0.25, 0.3) is 0 Å². The van der Waals surface area contributed by atoms with Crippen molar-refractivity contribution in [3.63, 3.8) is 0 Å². The summed E-state index contributed by atoms with van der Waals surface area (Å²) in [6.45, 7) is 0. The van der Waals surface area contributed by atoms with E-state index in [-0.39, 0.29) is 10.6 Å². The topological polar surface area (TPSA) is 71.4 Å². The quantitative estimate of drug-likeness (QED) is 0.777. The fourth-order valence-corrected chi connectivity index (χ4v) is 3.16. The summed E-state index contributed by atoms with van der Waals surface area (Å²) in [5.74, 6) is 0.00454. The van der Waals surface area contributed by atoms with Crippen LogP contribution < -0.4 is 0 Å². The normalized spacial score (nSPS) is 18.4. The molecule has 1 aliphatic carbocycles. The minimum atomic E-state index is -3.57. The first-order valence-corrected chi connectivity index (χ1v) is 6.00. The van der Waals surface area contributed by atoms with E-state index in [1.54, 1.807) is 0 Å². The SMILES string of the molecule is O=CC1(S(=O)(=O)c2ccc(O)cc2)CC1. The summed E-state index contributed by atoms with van der Waals surface area (Å²) in [7, 11) is -3.57. The largest absolute Gasteiger partial charge is 0.508 e. The predicted molar refractivity (Wildman–Crippen MR) is 53.3 cm³/mol. The summed E-state index contributed by atoms with van der Waals surface area (Å²) < 4.78 is 22.7. The van der Waals surface area contributed by atoms with Crippen molar-refractivity contribution in [3.05, 3.63) is 24.3 Å². The van der Waals surface area contributed by atoms with Crippen LogP contribution in [-0.2, 0) is 14.6 Å². The molecule has 0 saturated heterocycles. The van der Waals surface area contributed by atoms with Gasteiger partial charge in [-0.05, 0) is 37.1 Å². The van der Waals surface area contributed by atoms with Gasteiger partial charge in [0.05, 0.1) is 4.90 Å². The van der Waals surface area contributed by atoms with E-state index in [1.807, 2.05) is 0 Å². The van der Waals surface area contributed by atoms with Crippen LogP contribution in [0.5, 0.6) is 5.75 Å². The molecule has 1 aliphatic rings. The van der Waals surface area contributed by atoms with Crippen LogP contribution >= 0.6 is 0 Å². The maximum absolute atomic E-state index is 11.9. The van der Waals surface area contributed by atoms with Gasteiger partial charge >= 0.3 is 0 Å². The molecule has 0 aromatic heterocycles. The first kappa shape index (κ1) is 10.2. The molecule has 1 fully saturated rings. The highest BCUT2D eigenvalue weighted by atomic mass is 32.2. The number of hydrogen-bond acceptors (Lipinski definition) is 4. The number of carbonyl (C=O) groups is 1. The first-order valence-electron chi connectivity index (χ1n) is 4.52. The van der Waals surface area contributed by atoms with Crippen LogP contribution in [-0.4, -0.2) is 24.6 Å². The predicted octanol–water partition coefficient (Wildman–Crippen LogP) is 0.897. The van der Waals surface area contributed by atoms with E-state index in [2.05, 4.69) is 0 Å². The second-order valence-electron chi connectivity index (χ2n) is 3.68. The third-order valence-corrected chi connectivity index (χ3v) is 5.11. The molecule has 0 amide bonds. The van der Waals surface area contributed by atoms with Crippen molar-refractivity contribution in [1.29, 1.82) is 0 Å². The van der Waals surface area contributed by atoms with Gasteiger partial charge in [-0.15, -0.1) is 0 Å². The smallest absolute Gasteiger partial charge is 0.190 e. The van der Waals surface area contributed by atoms with Crippen LogP contribution in [0.25, 0.3) is 0 Å². The molecule has 15 heavy (non-hydrogen) atoms. The molecule has 2 rings (SSSR count). The number of aldehydes is 1. The van der Waals surface area contributed by atoms with Crippen LogP contribution in [0.3, 0.4) is 0 Å². The van der Waals surface area contributed by atoms with Gasteiger partial charge in [-0.3, -0.25) is 0 Å². The zero-order chi connectivity index (χ0) is 11.1. The Hall–Kier alpha value is -1.36. The maximum atomic E-state index is 11.9. The number of phenols is 1. The highest BCUT2D eigenvalue weighted by molar-refractivity contribution is 7.93. The van der Waals surface area contributed by atoms with Crippen LogP contribution in [0.15, 0.2) is 29.2 Å². The fraction of sp³-hybridized carbons (Fsp3) is 0.300. The van der Waals surface area contributed by atoms with E-state index in [4.69, 9.17) is 5.11 Å². The summed E-state index contributed by atoms with van der Waals surface area (Å²) in [6.07, 6.45) is 1.29. The van der Waals surface area contributed by atoms with Crippen molar-refractivity contribution in [2.45, 2.75) is 22.5 Å². The van der Waals surface area contributed by atoms with E-state index in [9.17, 15) is 13.2 Å². The summed E-state index contributed by atoms with van der Waals surface area (Å²) in [4.78, 5) is 10.8. The molecule has 0 bridgehead atoms. The van der Waals surface area contributed by atoms with Crippen molar-refractivity contribution in [2.75, 3.05) is 0 Å². The minimum Gasteiger partial charge on any atom is -0.508 e. The Morgan fingerprint density at radius 1 is 1.20 bits per heavy atom. The van der Waals surface area contributed by atoms with Crippen LogP contribution in [0.1, 0.15) is 12.8 Å². The first-order chi connectivity index (χ1) is 7.02. The van der Waals surface area contributed by atoms with Gasteiger partial charge in [0.2, 0.25) is 0 Å². The zero-order valence-electron chi connectivity index (χ0n) is 7.88. The number of aromatic hydroxyl groups is 1. The third-order valence-electron chi connectivity index (χ3n) is 2.64. The Morgan fingerprint density at radius 2 is 1.73 bits per heavy atom. The van der Waals surface area contributed by atoms with Crippen molar-refractivity contribution >= 4 is 16.1 Å². The highest BCUT2D eigenvalue weighted by Crippen LogP contribution is 2.44. The lowest BCUT2D eigenvalue weighted by atomic mass is 10.3. The van der Waals surface area contributed by atoms with Crippen molar-refractivity contribution in [3.8, 4) is 5.75 Å². The molecule has 1 aromatic carbocycles. The van der Waals surface area contributed by atoms with E-state index in [0.717, 1.165) is 0 Å². The number of rotatable bonds is 3. The molecule has 1 N–H and O–H groups in total. The second-order valence-corrected chi connectivity index (χ2v) is 5.97. The molecule has 4 nitrogen and oxygen atoms in total. The average Bonchev–Trinajstić information content (AvgIpc) is 2.99. The Bertz CT molecular complexity index is 483. The molecule has 80 valence electrons. The molecule has 0 spiro atoms. The van der Waals surface area contributed by atoms with Crippen LogP contribution in [0.2, 0.25) is 0 Å². The third kappa shape index (κ3) is 1.43. The van der Waals surface area contributed by atoms with Gasteiger partial charge < -0.3 is 9.90 Å². The summed E-state index contributed by atoms with van der Waals surface area (Å²) in [5.41, 5.74) is 0. The Kier molecular flexibility index (Phi) is 2.08. The zero-order valence-corrected chi connectivity index (χ0v) is 8.70. The van der Waals surface area contributed by atoms with E-state index in [1.165, 1.54) is 24.3 Å². The number of phenolic OH excluding ortho intramolecular Hbond substituents is 1. The average molecular weight is 226 g/mol. The summed E-state index contributed by atoms with van der Waals surface area (Å²) in [6, 6.07) is 5.23. The van der Waals surface area contributed by atoms with E-state index in [0.29, 0.717) is 19.1 Å². The lowest BCUT2D eigenvalue weighted by Crippen LogP contribution is -2.24. The Morgan fingerprint density at radius 3 is 2.13 bits per heavy atom. The lowest BCUT2D eigenvalue weighted by molar-refractivity contribution is -0.108. The van der Waals surface area contributed by atoms with E-state index >= 15 is 0 Å². The lowest BCUT2D eigenvalue weighted by Gasteiger charge is -2.09. The number of sulfone groups is 1. The van der Waals surface area contributed by atoms with Crippen molar-refractivity contribution in [2.24, 2.45) is 0 Å². The molecule has 0 heterocycles. The fourth-order valence-electron chi connectivity index (χ4n) is 1.43. The highest BCUT2D eigenvalue weighted by Gasteiger charge is 2.55. The standard InChI is InChI=1S/C10H10O4S/c11-7-10(5-6-10)15(13,14)9-3-1-8(12)2-4-9/h1-4,7,12H,5-6H2. The van der Waals surface area contributed by atoms with Gasteiger partial charge in [0, 0.05) is 0 Å². The summed E-state index contributed by atoms with van der Waals surface area (Å²) in [5, 5.41) is 9.03. The van der Waals surface area contributed by atoms with Crippen molar-refractivity contribution < 1.29 is 18.3 Å². The maximum Gasteiger partial charge on any atom is 0.190 e. The van der Waals surface area contributed by atoms with Gasteiger partial charge in [-0.2, -0.15) is 0 Å². The Labute approximate surface area is 87.5 Å². The van der Waals surface area contributed by atoms with Gasteiger partial charge in [0.15, 0.2) is 9.84 Å². The molecule has 1 aromatic rings. The molecule has 0 aliphatic heterocycles. The van der Waals surface area contributed by atoms with Gasteiger partial charge in [0.1, 0.15) is 16.8 Å².